The predicted octanol–water partition coefficient (Wildman–Crippen LogP) is 5.36. The van der Waals surface area contributed by atoms with E-state index in [4.69, 9.17) is 16.3 Å². The number of halogens is 1. The second kappa shape index (κ2) is 8.95. The maximum Gasteiger partial charge on any atom is 0.343 e. The lowest BCUT2D eigenvalue weighted by atomic mass is 10.1. The Balaban J connectivity index is 1.76. The molecule has 0 heterocycles. The number of ether oxygens (including phenoxy) is 1. The van der Waals surface area contributed by atoms with Gasteiger partial charge in [0.15, 0.2) is 5.78 Å². The van der Waals surface area contributed by atoms with Crippen LogP contribution < -0.4 is 4.74 Å². The molecule has 0 aliphatic carbocycles. The third-order valence-corrected chi connectivity index (χ3v) is 4.23. The van der Waals surface area contributed by atoms with Crippen LogP contribution in [0.4, 0.5) is 5.69 Å². The zero-order chi connectivity index (χ0) is 20.8. The van der Waals surface area contributed by atoms with Crippen LogP contribution in [0.2, 0.25) is 5.02 Å². The lowest BCUT2D eigenvalue weighted by Gasteiger charge is -2.07. The zero-order valence-corrected chi connectivity index (χ0v) is 15.7. The molecule has 0 saturated heterocycles. The number of non-ortho nitro benzene ring substituents is 1. The summed E-state index contributed by atoms with van der Waals surface area (Å²) < 4.78 is 5.40. The molecule has 0 aromatic heterocycles. The smallest absolute Gasteiger partial charge is 0.343 e. The minimum absolute atomic E-state index is 0.120. The van der Waals surface area contributed by atoms with Crippen molar-refractivity contribution in [1.82, 2.24) is 0 Å². The van der Waals surface area contributed by atoms with Crippen LogP contribution in [0.25, 0.3) is 6.08 Å². The van der Waals surface area contributed by atoms with Gasteiger partial charge in [-0.2, -0.15) is 0 Å². The molecular weight excluding hydrogens is 394 g/mol. The van der Waals surface area contributed by atoms with E-state index < -0.39 is 10.9 Å². The van der Waals surface area contributed by atoms with Gasteiger partial charge in [-0.25, -0.2) is 4.79 Å². The molecule has 144 valence electrons. The summed E-state index contributed by atoms with van der Waals surface area (Å²) in [5, 5.41) is 11.2. The molecular formula is C22H14ClNO5. The second-order valence-electron chi connectivity index (χ2n) is 5.94. The highest BCUT2D eigenvalue weighted by atomic mass is 35.5. The van der Waals surface area contributed by atoms with Gasteiger partial charge >= 0.3 is 5.97 Å². The molecule has 0 fully saturated rings. The number of benzene rings is 3. The van der Waals surface area contributed by atoms with Gasteiger partial charge in [-0.1, -0.05) is 29.8 Å². The van der Waals surface area contributed by atoms with Crippen LogP contribution in [0.5, 0.6) is 5.75 Å². The first-order valence-electron chi connectivity index (χ1n) is 8.48. The quantitative estimate of drug-likeness (QED) is 0.137. The summed E-state index contributed by atoms with van der Waals surface area (Å²) in [7, 11) is 0. The Morgan fingerprint density at radius 3 is 2.17 bits per heavy atom. The summed E-state index contributed by atoms with van der Waals surface area (Å²) in [6, 6.07) is 18.3. The van der Waals surface area contributed by atoms with Gasteiger partial charge in [0.2, 0.25) is 0 Å². The van der Waals surface area contributed by atoms with Crippen molar-refractivity contribution in [2.24, 2.45) is 0 Å². The molecule has 0 atom stereocenters. The van der Waals surface area contributed by atoms with Crippen LogP contribution in [-0.4, -0.2) is 16.7 Å². The van der Waals surface area contributed by atoms with Gasteiger partial charge in [0, 0.05) is 28.3 Å². The van der Waals surface area contributed by atoms with Gasteiger partial charge < -0.3 is 4.74 Å². The summed E-state index contributed by atoms with van der Waals surface area (Å²) >= 11 is 5.82. The molecule has 6 nitrogen and oxygen atoms in total. The lowest BCUT2D eigenvalue weighted by Crippen LogP contribution is -2.09. The number of para-hydroxylation sites is 1. The molecule has 3 rings (SSSR count). The predicted molar refractivity (Wildman–Crippen MR) is 109 cm³/mol. The van der Waals surface area contributed by atoms with E-state index in [0.29, 0.717) is 16.1 Å². The van der Waals surface area contributed by atoms with Crippen molar-refractivity contribution in [2.75, 3.05) is 0 Å². The number of allylic oxidation sites excluding steroid dienone is 1. The first kappa shape index (κ1) is 20.0. The highest BCUT2D eigenvalue weighted by Gasteiger charge is 2.13. The first-order chi connectivity index (χ1) is 13.9. The van der Waals surface area contributed by atoms with Gasteiger partial charge in [-0.3, -0.25) is 14.9 Å². The maximum absolute atomic E-state index is 12.3. The number of carbonyl (C=O) groups is 2. The molecule has 0 spiro atoms. The molecule has 0 radical (unpaired) electrons. The Morgan fingerprint density at radius 1 is 0.897 bits per heavy atom. The van der Waals surface area contributed by atoms with E-state index in [-0.39, 0.29) is 22.8 Å². The van der Waals surface area contributed by atoms with E-state index in [2.05, 4.69) is 0 Å². The minimum atomic E-state index is -0.662. The Hall–Kier alpha value is -3.77. The zero-order valence-electron chi connectivity index (χ0n) is 14.9. The summed E-state index contributed by atoms with van der Waals surface area (Å²) in [6.45, 7) is 0. The van der Waals surface area contributed by atoms with Crippen LogP contribution in [0, 0.1) is 10.1 Å². The number of hydrogen-bond acceptors (Lipinski definition) is 5. The highest BCUT2D eigenvalue weighted by molar-refractivity contribution is 6.30. The third-order valence-electron chi connectivity index (χ3n) is 3.98. The number of rotatable bonds is 6. The SMILES string of the molecule is O=C(C=Cc1ccccc1OC(=O)c1ccc([N+](=O)[O-])cc1)c1ccc(Cl)cc1. The summed E-state index contributed by atoms with van der Waals surface area (Å²) in [6.07, 6.45) is 2.93. The maximum atomic E-state index is 12.3. The molecule has 0 aliphatic heterocycles. The van der Waals surface area contributed by atoms with Crippen LogP contribution >= 0.6 is 11.6 Å². The van der Waals surface area contributed by atoms with E-state index in [1.165, 1.54) is 30.3 Å². The van der Waals surface area contributed by atoms with Crippen molar-refractivity contribution in [2.45, 2.75) is 0 Å². The van der Waals surface area contributed by atoms with E-state index in [1.807, 2.05) is 0 Å². The van der Waals surface area contributed by atoms with Crippen molar-refractivity contribution in [3.05, 3.63) is 111 Å². The number of nitro benzene ring substituents is 1. The number of hydrogen-bond donors (Lipinski definition) is 0. The summed E-state index contributed by atoms with van der Waals surface area (Å²) in [5.74, 6) is -0.626. The number of nitro groups is 1. The van der Waals surface area contributed by atoms with E-state index in [0.717, 1.165) is 0 Å². The fraction of sp³-hybridized carbons (Fsp3) is 0. The molecule has 0 N–H and O–H groups in total. The second-order valence-corrected chi connectivity index (χ2v) is 6.37. The summed E-state index contributed by atoms with van der Waals surface area (Å²) in [4.78, 5) is 34.8. The first-order valence-corrected chi connectivity index (χ1v) is 8.85. The number of carbonyl (C=O) groups excluding carboxylic acids is 2. The normalized spacial score (nSPS) is 10.7. The number of ketones is 1. The molecule has 3 aromatic rings. The minimum Gasteiger partial charge on any atom is -0.422 e. The van der Waals surface area contributed by atoms with Gasteiger partial charge in [0.1, 0.15) is 5.75 Å². The fourth-order valence-corrected chi connectivity index (χ4v) is 2.59. The molecule has 7 heteroatoms. The molecule has 0 aliphatic rings. The third kappa shape index (κ3) is 5.15. The highest BCUT2D eigenvalue weighted by Crippen LogP contribution is 2.22. The van der Waals surface area contributed by atoms with Crippen LogP contribution in [0.3, 0.4) is 0 Å². The van der Waals surface area contributed by atoms with E-state index in [9.17, 15) is 19.7 Å². The van der Waals surface area contributed by atoms with Gasteiger partial charge in [-0.15, -0.1) is 0 Å². The van der Waals surface area contributed by atoms with Crippen molar-refractivity contribution < 1.29 is 19.2 Å². The number of esters is 1. The van der Waals surface area contributed by atoms with Crippen molar-refractivity contribution in [3.8, 4) is 5.75 Å². The Labute approximate surface area is 171 Å². The topological polar surface area (TPSA) is 86.5 Å². The van der Waals surface area contributed by atoms with E-state index >= 15 is 0 Å². The molecule has 3 aromatic carbocycles. The number of nitrogens with zero attached hydrogens (tertiary/aromatic N) is 1. The molecule has 0 saturated carbocycles. The average molecular weight is 408 g/mol. The lowest BCUT2D eigenvalue weighted by molar-refractivity contribution is -0.384. The van der Waals surface area contributed by atoms with Crippen molar-refractivity contribution >= 4 is 35.1 Å². The molecule has 0 bridgehead atoms. The van der Waals surface area contributed by atoms with Gasteiger partial charge in [-0.05, 0) is 54.6 Å². The molecule has 0 unspecified atom stereocenters. The van der Waals surface area contributed by atoms with Crippen LogP contribution in [0.1, 0.15) is 26.3 Å². The molecule has 0 amide bonds. The van der Waals surface area contributed by atoms with Crippen molar-refractivity contribution in [3.63, 3.8) is 0 Å². The summed E-state index contributed by atoms with van der Waals surface area (Å²) in [5.41, 5.74) is 1.06. The Kier molecular flexibility index (Phi) is 6.16. The van der Waals surface area contributed by atoms with Crippen LogP contribution in [-0.2, 0) is 0 Å². The van der Waals surface area contributed by atoms with Crippen molar-refractivity contribution in [1.29, 1.82) is 0 Å². The Morgan fingerprint density at radius 2 is 1.52 bits per heavy atom. The average Bonchev–Trinajstić information content (AvgIpc) is 2.73. The molecule has 29 heavy (non-hydrogen) atoms. The fourth-order valence-electron chi connectivity index (χ4n) is 2.47. The Bertz CT molecular complexity index is 1090. The largest absolute Gasteiger partial charge is 0.422 e. The van der Waals surface area contributed by atoms with Crippen LogP contribution in [0.15, 0.2) is 78.9 Å². The standard InChI is InChI=1S/C22H14ClNO5/c23-18-10-5-15(6-11-18)20(25)14-9-16-3-1-2-4-21(16)29-22(26)17-7-12-19(13-8-17)24(27)28/h1-14H. The van der Waals surface area contributed by atoms with E-state index in [1.54, 1.807) is 54.6 Å². The van der Waals surface area contributed by atoms with Gasteiger partial charge in [0.25, 0.3) is 5.69 Å². The monoisotopic (exact) mass is 407 g/mol. The van der Waals surface area contributed by atoms with Gasteiger partial charge in [0.05, 0.1) is 10.5 Å².